The number of carbonyl (C=O) groups excluding carboxylic acids is 2. The molecule has 0 saturated heterocycles. The van der Waals surface area contributed by atoms with Gasteiger partial charge in [0, 0.05) is 12.8 Å². The second-order valence-corrected chi connectivity index (χ2v) is 5.70. The minimum Gasteiger partial charge on any atom is -0.466 e. The molecule has 0 N–H and O–H groups in total. The molecular weight excluding hydrogens is 216 g/mol. The van der Waals surface area contributed by atoms with E-state index in [1.807, 2.05) is 13.8 Å². The predicted molar refractivity (Wildman–Crippen MR) is 64.4 cm³/mol. The Hall–Kier alpha value is -0.860. The van der Waals surface area contributed by atoms with E-state index in [0.717, 1.165) is 25.7 Å². The molecule has 3 nitrogen and oxygen atoms in total. The molecule has 96 valence electrons. The summed E-state index contributed by atoms with van der Waals surface area (Å²) in [6, 6.07) is 0. The summed E-state index contributed by atoms with van der Waals surface area (Å²) in [5.74, 6) is 0.352. The zero-order valence-electron chi connectivity index (χ0n) is 10.8. The van der Waals surface area contributed by atoms with Crippen LogP contribution in [0.1, 0.15) is 52.4 Å². The number of hydrogen-bond donors (Lipinski definition) is 0. The first-order chi connectivity index (χ1) is 8.09. The second-order valence-electron chi connectivity index (χ2n) is 5.70. The van der Waals surface area contributed by atoms with Crippen LogP contribution in [0.4, 0.5) is 0 Å². The molecule has 0 radical (unpaired) electrons. The third-order valence-electron chi connectivity index (χ3n) is 4.47. The molecule has 17 heavy (non-hydrogen) atoms. The molecule has 2 rings (SSSR count). The predicted octanol–water partition coefficient (Wildman–Crippen LogP) is 2.73. The van der Waals surface area contributed by atoms with Gasteiger partial charge in [-0.05, 0) is 31.1 Å². The summed E-state index contributed by atoms with van der Waals surface area (Å²) in [5.41, 5.74) is -0.0684. The summed E-state index contributed by atoms with van der Waals surface area (Å²) in [5, 5.41) is 0. The first-order valence-electron chi connectivity index (χ1n) is 6.77. The Morgan fingerprint density at radius 3 is 2.65 bits per heavy atom. The van der Waals surface area contributed by atoms with E-state index in [4.69, 9.17) is 4.74 Å². The maximum Gasteiger partial charge on any atom is 0.309 e. The van der Waals surface area contributed by atoms with Crippen LogP contribution in [0.5, 0.6) is 0 Å². The van der Waals surface area contributed by atoms with E-state index in [1.54, 1.807) is 0 Å². The third kappa shape index (κ3) is 2.24. The van der Waals surface area contributed by atoms with Gasteiger partial charge in [-0.15, -0.1) is 0 Å². The van der Waals surface area contributed by atoms with Crippen molar-refractivity contribution in [2.24, 2.45) is 17.3 Å². The smallest absolute Gasteiger partial charge is 0.309 e. The summed E-state index contributed by atoms with van der Waals surface area (Å²) in [4.78, 5) is 24.0. The molecule has 0 aromatic heterocycles. The molecule has 0 aliphatic heterocycles. The summed E-state index contributed by atoms with van der Waals surface area (Å²) >= 11 is 0. The topological polar surface area (TPSA) is 43.4 Å². The van der Waals surface area contributed by atoms with Crippen molar-refractivity contribution >= 4 is 11.8 Å². The normalized spacial score (nSPS) is 31.8. The Morgan fingerprint density at radius 1 is 1.41 bits per heavy atom. The van der Waals surface area contributed by atoms with Crippen LogP contribution in [0.15, 0.2) is 0 Å². The number of rotatable bonds is 2. The van der Waals surface area contributed by atoms with Crippen LogP contribution in [0.25, 0.3) is 0 Å². The SMILES string of the molecule is CCOC(=O)[C@H]1[C@@H](C)CC(=O)CC12CCCC2. The highest BCUT2D eigenvalue weighted by molar-refractivity contribution is 5.84. The Morgan fingerprint density at radius 2 is 2.06 bits per heavy atom. The van der Waals surface area contributed by atoms with Gasteiger partial charge in [-0.25, -0.2) is 0 Å². The van der Waals surface area contributed by atoms with Gasteiger partial charge in [0.15, 0.2) is 0 Å². The fraction of sp³-hybridized carbons (Fsp3) is 0.857. The van der Waals surface area contributed by atoms with Gasteiger partial charge in [0.1, 0.15) is 5.78 Å². The lowest BCUT2D eigenvalue weighted by Gasteiger charge is -2.42. The van der Waals surface area contributed by atoms with Crippen molar-refractivity contribution in [3.63, 3.8) is 0 Å². The minimum absolute atomic E-state index is 0.0531. The highest BCUT2D eigenvalue weighted by Gasteiger charge is 2.52. The molecule has 3 heteroatoms. The van der Waals surface area contributed by atoms with Crippen molar-refractivity contribution in [1.29, 1.82) is 0 Å². The quantitative estimate of drug-likeness (QED) is 0.695. The van der Waals surface area contributed by atoms with Gasteiger partial charge in [0.2, 0.25) is 0 Å². The van der Waals surface area contributed by atoms with Gasteiger partial charge in [-0.1, -0.05) is 19.8 Å². The van der Waals surface area contributed by atoms with E-state index < -0.39 is 0 Å². The zero-order chi connectivity index (χ0) is 12.5. The van der Waals surface area contributed by atoms with E-state index in [1.165, 1.54) is 0 Å². The average molecular weight is 238 g/mol. The molecule has 1 spiro atoms. The Balaban J connectivity index is 2.24. The van der Waals surface area contributed by atoms with Crippen LogP contribution in [-0.4, -0.2) is 18.4 Å². The van der Waals surface area contributed by atoms with Gasteiger partial charge in [0.25, 0.3) is 0 Å². The summed E-state index contributed by atoms with van der Waals surface area (Å²) in [6.45, 7) is 4.31. The Bertz CT molecular complexity index is 315. The van der Waals surface area contributed by atoms with Crippen LogP contribution >= 0.6 is 0 Å². The number of hydrogen-bond acceptors (Lipinski definition) is 3. The molecule has 0 amide bonds. The van der Waals surface area contributed by atoms with Crippen LogP contribution in [-0.2, 0) is 14.3 Å². The fourth-order valence-electron chi connectivity index (χ4n) is 3.94. The lowest BCUT2D eigenvalue weighted by atomic mass is 9.60. The number of esters is 1. The van der Waals surface area contributed by atoms with Crippen LogP contribution in [0.2, 0.25) is 0 Å². The average Bonchev–Trinajstić information content (AvgIpc) is 2.65. The molecule has 2 saturated carbocycles. The van der Waals surface area contributed by atoms with Crippen molar-refractivity contribution in [2.45, 2.75) is 52.4 Å². The summed E-state index contributed by atoms with van der Waals surface area (Å²) in [6.07, 6.45) is 5.48. The van der Waals surface area contributed by atoms with Crippen LogP contribution < -0.4 is 0 Å². The molecule has 0 aromatic carbocycles. The second kappa shape index (κ2) is 4.79. The van der Waals surface area contributed by atoms with Gasteiger partial charge in [0.05, 0.1) is 12.5 Å². The molecule has 0 bridgehead atoms. The Labute approximate surface area is 103 Å². The van der Waals surface area contributed by atoms with Crippen molar-refractivity contribution in [3.8, 4) is 0 Å². The fourth-order valence-corrected chi connectivity index (χ4v) is 3.94. The number of Topliss-reactive ketones (excluding diaryl/α,β-unsaturated/α-hetero) is 1. The molecule has 0 unspecified atom stereocenters. The first-order valence-corrected chi connectivity index (χ1v) is 6.77. The minimum atomic E-state index is -0.0746. The van der Waals surface area contributed by atoms with E-state index in [2.05, 4.69) is 0 Å². The third-order valence-corrected chi connectivity index (χ3v) is 4.47. The summed E-state index contributed by atoms with van der Waals surface area (Å²) in [7, 11) is 0. The maximum absolute atomic E-state index is 12.1. The molecule has 0 heterocycles. The van der Waals surface area contributed by atoms with E-state index in [0.29, 0.717) is 25.2 Å². The van der Waals surface area contributed by atoms with Crippen LogP contribution in [0, 0.1) is 17.3 Å². The highest BCUT2D eigenvalue weighted by atomic mass is 16.5. The monoisotopic (exact) mass is 238 g/mol. The van der Waals surface area contributed by atoms with Crippen molar-refractivity contribution in [3.05, 3.63) is 0 Å². The van der Waals surface area contributed by atoms with Gasteiger partial charge < -0.3 is 4.74 Å². The van der Waals surface area contributed by atoms with Crippen LogP contribution in [0.3, 0.4) is 0 Å². The maximum atomic E-state index is 12.1. The van der Waals surface area contributed by atoms with Gasteiger partial charge >= 0.3 is 5.97 Å². The summed E-state index contributed by atoms with van der Waals surface area (Å²) < 4.78 is 5.22. The zero-order valence-corrected chi connectivity index (χ0v) is 10.8. The van der Waals surface area contributed by atoms with Gasteiger partial charge in [-0.3, -0.25) is 9.59 Å². The Kier molecular flexibility index (Phi) is 3.55. The van der Waals surface area contributed by atoms with Gasteiger partial charge in [-0.2, -0.15) is 0 Å². The van der Waals surface area contributed by atoms with Crippen molar-refractivity contribution < 1.29 is 14.3 Å². The number of ether oxygens (including phenoxy) is 1. The largest absolute Gasteiger partial charge is 0.466 e. The van der Waals surface area contributed by atoms with E-state index in [-0.39, 0.29) is 23.2 Å². The molecular formula is C14H22O3. The molecule has 0 aromatic rings. The number of ketones is 1. The molecule has 2 aliphatic rings. The van der Waals surface area contributed by atoms with Crippen molar-refractivity contribution in [2.75, 3.05) is 6.61 Å². The van der Waals surface area contributed by atoms with E-state index >= 15 is 0 Å². The number of carbonyl (C=O) groups is 2. The lowest BCUT2D eigenvalue weighted by Crippen LogP contribution is -2.45. The van der Waals surface area contributed by atoms with E-state index in [9.17, 15) is 9.59 Å². The molecule has 2 aliphatic carbocycles. The van der Waals surface area contributed by atoms with Crippen molar-refractivity contribution in [1.82, 2.24) is 0 Å². The first kappa shape index (κ1) is 12.6. The highest BCUT2D eigenvalue weighted by Crippen LogP contribution is 2.53. The standard InChI is InChI=1S/C14H22O3/c1-3-17-13(16)12-10(2)8-11(15)9-14(12)6-4-5-7-14/h10,12H,3-9H2,1-2H3/t10-,12+/m0/s1. The molecule has 2 atom stereocenters. The molecule has 2 fully saturated rings. The lowest BCUT2D eigenvalue weighted by molar-refractivity contribution is -0.160.